The third-order valence-corrected chi connectivity index (χ3v) is 4.24. The zero-order valence-electron chi connectivity index (χ0n) is 12.1. The van der Waals surface area contributed by atoms with Crippen molar-refractivity contribution < 1.29 is 5.11 Å². The van der Waals surface area contributed by atoms with Crippen molar-refractivity contribution >= 4 is 27.3 Å². The third kappa shape index (κ3) is 3.22. The van der Waals surface area contributed by atoms with Crippen molar-refractivity contribution in [3.63, 3.8) is 0 Å². The van der Waals surface area contributed by atoms with E-state index in [1.807, 2.05) is 25.2 Å². The largest absolute Gasteiger partial charge is 0.389 e. The highest BCUT2D eigenvalue weighted by molar-refractivity contribution is 9.10. The summed E-state index contributed by atoms with van der Waals surface area (Å²) in [4.78, 5) is 2.13. The van der Waals surface area contributed by atoms with E-state index in [0.717, 1.165) is 27.8 Å². The van der Waals surface area contributed by atoms with Crippen LogP contribution >= 0.6 is 15.9 Å². The van der Waals surface area contributed by atoms with Gasteiger partial charge in [0.25, 0.3) is 0 Å². The number of aryl methyl sites for hydroxylation is 1. The molecule has 0 unspecified atom stereocenters. The van der Waals surface area contributed by atoms with Crippen LogP contribution in [0.4, 0.5) is 11.4 Å². The van der Waals surface area contributed by atoms with Gasteiger partial charge in [-0.25, -0.2) is 0 Å². The molecule has 0 aliphatic heterocycles. The first kappa shape index (κ1) is 15.1. The van der Waals surface area contributed by atoms with E-state index in [-0.39, 0.29) is 0 Å². The van der Waals surface area contributed by atoms with Gasteiger partial charge in [0.15, 0.2) is 0 Å². The van der Waals surface area contributed by atoms with Crippen molar-refractivity contribution in [2.75, 3.05) is 11.9 Å². The lowest BCUT2D eigenvalue weighted by Crippen LogP contribution is -2.09. The highest BCUT2D eigenvalue weighted by atomic mass is 79.9. The lowest BCUT2D eigenvalue weighted by atomic mass is 10.1. The van der Waals surface area contributed by atoms with Crippen LogP contribution in [-0.2, 0) is 6.42 Å². The van der Waals surface area contributed by atoms with Crippen molar-refractivity contribution in [1.29, 1.82) is 0 Å². The average Bonchev–Trinajstić information content (AvgIpc) is 2.46. The molecule has 0 bridgehead atoms. The van der Waals surface area contributed by atoms with Gasteiger partial charge in [0.2, 0.25) is 0 Å². The molecule has 2 rings (SSSR count). The van der Waals surface area contributed by atoms with E-state index in [2.05, 4.69) is 52.0 Å². The van der Waals surface area contributed by atoms with Crippen molar-refractivity contribution in [3.05, 3.63) is 58.1 Å². The van der Waals surface area contributed by atoms with Gasteiger partial charge in [-0.1, -0.05) is 41.1 Å². The van der Waals surface area contributed by atoms with Gasteiger partial charge in [-0.3, -0.25) is 0 Å². The molecule has 0 saturated carbocycles. The highest BCUT2D eigenvalue weighted by Crippen LogP contribution is 2.31. The van der Waals surface area contributed by atoms with E-state index >= 15 is 0 Å². The molecule has 0 aliphatic rings. The lowest BCUT2D eigenvalue weighted by Gasteiger charge is -2.21. The number of aliphatic hydroxyl groups is 1. The molecular formula is C17H20BrNO. The number of aliphatic hydroxyl groups excluding tert-OH is 1. The first-order valence-corrected chi connectivity index (χ1v) is 7.62. The van der Waals surface area contributed by atoms with Gasteiger partial charge in [0.05, 0.1) is 6.10 Å². The Kier molecular flexibility index (Phi) is 4.84. The van der Waals surface area contributed by atoms with Crippen LogP contribution < -0.4 is 4.90 Å². The average molecular weight is 334 g/mol. The van der Waals surface area contributed by atoms with Crippen molar-refractivity contribution in [2.24, 2.45) is 0 Å². The Labute approximate surface area is 129 Å². The second kappa shape index (κ2) is 6.42. The highest BCUT2D eigenvalue weighted by Gasteiger charge is 2.09. The first-order valence-electron chi connectivity index (χ1n) is 6.83. The normalized spacial score (nSPS) is 12.2. The molecule has 0 fully saturated rings. The molecular weight excluding hydrogens is 314 g/mol. The van der Waals surface area contributed by atoms with E-state index in [9.17, 15) is 5.11 Å². The summed E-state index contributed by atoms with van der Waals surface area (Å²) in [7, 11) is 2.05. The molecule has 0 radical (unpaired) electrons. The molecule has 2 nitrogen and oxygen atoms in total. The Balaban J connectivity index is 2.28. The van der Waals surface area contributed by atoms with E-state index in [1.165, 1.54) is 5.56 Å². The fourth-order valence-corrected chi connectivity index (χ4v) is 2.87. The number of benzene rings is 2. The fraction of sp³-hybridized carbons (Fsp3) is 0.294. The Morgan fingerprint density at radius 2 is 1.70 bits per heavy atom. The van der Waals surface area contributed by atoms with Crippen LogP contribution in [0.2, 0.25) is 0 Å². The Hall–Kier alpha value is -1.32. The summed E-state index contributed by atoms with van der Waals surface area (Å²) in [5.74, 6) is 0. The summed E-state index contributed by atoms with van der Waals surface area (Å²) < 4.78 is 0.932. The van der Waals surface area contributed by atoms with Gasteiger partial charge in [0, 0.05) is 22.9 Å². The Bertz CT molecular complexity index is 578. The molecule has 0 saturated heterocycles. The topological polar surface area (TPSA) is 23.5 Å². The van der Waals surface area contributed by atoms with Gasteiger partial charge in [-0.2, -0.15) is 0 Å². The molecule has 0 spiro atoms. The molecule has 0 aliphatic carbocycles. The summed E-state index contributed by atoms with van der Waals surface area (Å²) in [5.41, 5.74) is 4.49. The molecule has 3 heteroatoms. The van der Waals surface area contributed by atoms with Gasteiger partial charge in [-0.05, 0) is 48.7 Å². The minimum absolute atomic E-state index is 0.465. The van der Waals surface area contributed by atoms with Crippen LogP contribution in [0.15, 0.2) is 46.9 Å². The fourth-order valence-electron chi connectivity index (χ4n) is 2.17. The van der Waals surface area contributed by atoms with Crippen molar-refractivity contribution in [1.82, 2.24) is 0 Å². The monoisotopic (exact) mass is 333 g/mol. The summed E-state index contributed by atoms with van der Waals surface area (Å²) >= 11 is 3.52. The molecule has 1 atom stereocenters. The van der Waals surface area contributed by atoms with Crippen LogP contribution in [0.3, 0.4) is 0 Å². The molecule has 1 N–H and O–H groups in total. The second-order valence-corrected chi connectivity index (χ2v) is 5.82. The van der Waals surface area contributed by atoms with Crippen LogP contribution in [0.5, 0.6) is 0 Å². The zero-order chi connectivity index (χ0) is 14.7. The maximum Gasteiger partial charge on any atom is 0.0772 e. The van der Waals surface area contributed by atoms with Crippen LogP contribution in [-0.4, -0.2) is 12.2 Å². The number of rotatable bonds is 4. The quantitative estimate of drug-likeness (QED) is 0.865. The lowest BCUT2D eigenvalue weighted by molar-refractivity contribution is 0.198. The summed E-state index contributed by atoms with van der Waals surface area (Å²) in [5, 5.41) is 9.67. The summed E-state index contributed by atoms with van der Waals surface area (Å²) in [6, 6.07) is 14.6. The van der Waals surface area contributed by atoms with E-state index in [0.29, 0.717) is 0 Å². The first-order chi connectivity index (χ1) is 9.52. The maximum absolute atomic E-state index is 9.67. The summed E-state index contributed by atoms with van der Waals surface area (Å²) in [6.07, 6.45) is 0.589. The third-order valence-electron chi connectivity index (χ3n) is 3.55. The van der Waals surface area contributed by atoms with Gasteiger partial charge >= 0.3 is 0 Å². The van der Waals surface area contributed by atoms with Gasteiger partial charge in [-0.15, -0.1) is 0 Å². The van der Waals surface area contributed by atoms with Crippen LogP contribution in [0.25, 0.3) is 0 Å². The number of hydrogen-bond donors (Lipinski definition) is 1. The standard InChI is InChI=1S/C17H20BrNO/c1-4-13-5-7-14(8-6-13)19(3)15-9-10-16(12(2)20)17(18)11-15/h5-12,20H,4H2,1-3H3/t12-/m1/s1. The molecule has 20 heavy (non-hydrogen) atoms. The van der Waals surface area contributed by atoms with Gasteiger partial charge in [0.1, 0.15) is 0 Å². The minimum Gasteiger partial charge on any atom is -0.389 e. The maximum atomic E-state index is 9.67. The molecule has 106 valence electrons. The molecule has 2 aromatic rings. The predicted octanol–water partition coefficient (Wildman–Crippen LogP) is 4.83. The van der Waals surface area contributed by atoms with Crippen LogP contribution in [0.1, 0.15) is 31.1 Å². The zero-order valence-corrected chi connectivity index (χ0v) is 13.7. The molecule has 2 aromatic carbocycles. The summed E-state index contributed by atoms with van der Waals surface area (Å²) in [6.45, 7) is 3.93. The van der Waals surface area contributed by atoms with Gasteiger partial charge < -0.3 is 10.0 Å². The van der Waals surface area contributed by atoms with Crippen molar-refractivity contribution in [2.45, 2.75) is 26.4 Å². The Morgan fingerprint density at radius 1 is 1.10 bits per heavy atom. The minimum atomic E-state index is -0.465. The van der Waals surface area contributed by atoms with Crippen molar-refractivity contribution in [3.8, 4) is 0 Å². The Morgan fingerprint density at radius 3 is 2.20 bits per heavy atom. The predicted molar refractivity (Wildman–Crippen MR) is 88.7 cm³/mol. The van der Waals surface area contributed by atoms with Crippen LogP contribution in [0, 0.1) is 0 Å². The molecule has 0 amide bonds. The SMILES string of the molecule is CCc1ccc(N(C)c2ccc([C@@H](C)O)c(Br)c2)cc1. The molecule has 0 heterocycles. The number of nitrogens with zero attached hydrogens (tertiary/aromatic N) is 1. The van der Waals surface area contributed by atoms with E-state index < -0.39 is 6.10 Å². The number of hydrogen-bond acceptors (Lipinski definition) is 2. The molecule has 0 aromatic heterocycles. The van der Waals surface area contributed by atoms with E-state index in [1.54, 1.807) is 6.92 Å². The number of halogens is 1. The number of anilines is 2. The van der Waals surface area contributed by atoms with E-state index in [4.69, 9.17) is 0 Å². The second-order valence-electron chi connectivity index (χ2n) is 4.96. The smallest absolute Gasteiger partial charge is 0.0772 e.